The standard InChI is InChI=1S/C12H18N2O5S/c1-8-5-6-9(19-20(13,16)17)7-10(8)14-11(15)18-12(2,3)4/h5-7H,1-4H3,(H,14,15)(H2,13,16,17). The average molecular weight is 302 g/mol. The lowest BCUT2D eigenvalue weighted by molar-refractivity contribution is 0.0636. The van der Waals surface area contributed by atoms with Gasteiger partial charge in [0, 0.05) is 6.07 Å². The number of hydrogen-bond acceptors (Lipinski definition) is 5. The summed E-state index contributed by atoms with van der Waals surface area (Å²) in [6, 6.07) is 4.37. The van der Waals surface area contributed by atoms with Crippen LogP contribution < -0.4 is 14.6 Å². The van der Waals surface area contributed by atoms with Crippen LogP contribution in [0.3, 0.4) is 0 Å². The Balaban J connectivity index is 2.90. The van der Waals surface area contributed by atoms with Gasteiger partial charge in [-0.15, -0.1) is 0 Å². The van der Waals surface area contributed by atoms with Crippen molar-refractivity contribution in [2.24, 2.45) is 5.14 Å². The van der Waals surface area contributed by atoms with Gasteiger partial charge in [-0.1, -0.05) is 6.07 Å². The van der Waals surface area contributed by atoms with E-state index in [-0.39, 0.29) is 5.75 Å². The molecule has 1 amide bonds. The molecular formula is C12H18N2O5S. The van der Waals surface area contributed by atoms with Crippen molar-refractivity contribution in [1.29, 1.82) is 0 Å². The normalized spacial score (nSPS) is 11.8. The van der Waals surface area contributed by atoms with Crippen molar-refractivity contribution in [3.05, 3.63) is 23.8 Å². The van der Waals surface area contributed by atoms with E-state index >= 15 is 0 Å². The van der Waals surface area contributed by atoms with Gasteiger partial charge in [-0.05, 0) is 39.3 Å². The molecule has 0 aliphatic rings. The monoisotopic (exact) mass is 302 g/mol. The average Bonchev–Trinajstić information content (AvgIpc) is 2.18. The molecule has 7 nitrogen and oxygen atoms in total. The van der Waals surface area contributed by atoms with Crippen LogP contribution >= 0.6 is 0 Å². The fraction of sp³-hybridized carbons (Fsp3) is 0.417. The molecule has 0 aromatic heterocycles. The molecule has 112 valence electrons. The first-order valence-electron chi connectivity index (χ1n) is 5.79. The van der Waals surface area contributed by atoms with Crippen molar-refractivity contribution < 1.29 is 22.1 Å². The number of benzene rings is 1. The Hall–Kier alpha value is -1.80. The zero-order valence-electron chi connectivity index (χ0n) is 11.8. The summed E-state index contributed by atoms with van der Waals surface area (Å²) in [5.74, 6) is 0.00385. The maximum atomic E-state index is 11.7. The molecule has 1 aromatic rings. The van der Waals surface area contributed by atoms with Crippen molar-refractivity contribution in [2.75, 3.05) is 5.32 Å². The number of amides is 1. The molecule has 20 heavy (non-hydrogen) atoms. The molecule has 0 heterocycles. The first-order valence-corrected chi connectivity index (χ1v) is 7.26. The van der Waals surface area contributed by atoms with E-state index in [4.69, 9.17) is 9.88 Å². The highest BCUT2D eigenvalue weighted by Crippen LogP contribution is 2.23. The van der Waals surface area contributed by atoms with Crippen molar-refractivity contribution in [3.63, 3.8) is 0 Å². The first kappa shape index (κ1) is 16.3. The Morgan fingerprint density at radius 2 is 1.90 bits per heavy atom. The lowest BCUT2D eigenvalue weighted by Gasteiger charge is -2.20. The third-order valence-electron chi connectivity index (χ3n) is 2.06. The fourth-order valence-corrected chi connectivity index (χ4v) is 1.71. The van der Waals surface area contributed by atoms with E-state index < -0.39 is 22.0 Å². The molecule has 3 N–H and O–H groups in total. The van der Waals surface area contributed by atoms with Gasteiger partial charge in [-0.3, -0.25) is 5.32 Å². The van der Waals surface area contributed by atoms with Crippen LogP contribution in [0.2, 0.25) is 0 Å². The molecule has 1 aromatic carbocycles. The Morgan fingerprint density at radius 3 is 2.40 bits per heavy atom. The number of carbonyl (C=O) groups is 1. The summed E-state index contributed by atoms with van der Waals surface area (Å²) in [6.07, 6.45) is -0.645. The number of nitrogens with two attached hydrogens (primary N) is 1. The SMILES string of the molecule is Cc1ccc(OS(N)(=O)=O)cc1NC(=O)OC(C)(C)C. The van der Waals surface area contributed by atoms with E-state index in [2.05, 4.69) is 9.50 Å². The second-order valence-electron chi connectivity index (χ2n) is 5.18. The van der Waals surface area contributed by atoms with E-state index in [0.29, 0.717) is 5.69 Å². The number of anilines is 1. The number of nitrogens with one attached hydrogen (secondary N) is 1. The number of hydrogen-bond donors (Lipinski definition) is 2. The number of carbonyl (C=O) groups excluding carboxylic acids is 1. The zero-order chi connectivity index (χ0) is 15.6. The van der Waals surface area contributed by atoms with Crippen molar-refractivity contribution in [1.82, 2.24) is 0 Å². The molecule has 0 radical (unpaired) electrons. The summed E-state index contributed by atoms with van der Waals surface area (Å²) >= 11 is 0. The quantitative estimate of drug-likeness (QED) is 0.887. The molecule has 0 spiro atoms. The third-order valence-corrected chi connectivity index (χ3v) is 2.48. The van der Waals surface area contributed by atoms with E-state index in [1.54, 1.807) is 33.8 Å². The van der Waals surface area contributed by atoms with Gasteiger partial charge in [-0.2, -0.15) is 13.6 Å². The minimum absolute atomic E-state index is 0.00385. The predicted molar refractivity (Wildman–Crippen MR) is 74.8 cm³/mol. The van der Waals surface area contributed by atoms with E-state index in [1.165, 1.54) is 12.1 Å². The highest BCUT2D eigenvalue weighted by molar-refractivity contribution is 7.84. The molecule has 0 saturated carbocycles. The van der Waals surface area contributed by atoms with Crippen molar-refractivity contribution >= 4 is 22.1 Å². The molecule has 0 aliphatic carbocycles. The lowest BCUT2D eigenvalue weighted by atomic mass is 10.2. The minimum Gasteiger partial charge on any atom is -0.444 e. The molecule has 0 aliphatic heterocycles. The van der Waals surface area contributed by atoms with Crippen LogP contribution in [0.4, 0.5) is 10.5 Å². The van der Waals surface area contributed by atoms with Crippen LogP contribution in [0.15, 0.2) is 18.2 Å². The lowest BCUT2D eigenvalue weighted by Crippen LogP contribution is -2.27. The summed E-state index contributed by atoms with van der Waals surface area (Å²) in [5, 5.41) is 7.29. The summed E-state index contributed by atoms with van der Waals surface area (Å²) < 4.78 is 31.3. The predicted octanol–water partition coefficient (Wildman–Crippen LogP) is 1.92. The van der Waals surface area contributed by atoms with Gasteiger partial charge in [0.2, 0.25) is 0 Å². The molecule has 8 heteroatoms. The van der Waals surface area contributed by atoms with Crippen LogP contribution in [0, 0.1) is 6.92 Å². The van der Waals surface area contributed by atoms with Gasteiger partial charge >= 0.3 is 16.4 Å². The maximum absolute atomic E-state index is 11.7. The number of aryl methyl sites for hydroxylation is 1. The Labute approximate surface area is 118 Å². The zero-order valence-corrected chi connectivity index (χ0v) is 12.6. The molecule has 0 fully saturated rings. The second kappa shape index (κ2) is 5.68. The van der Waals surface area contributed by atoms with Crippen LogP contribution in [0.1, 0.15) is 26.3 Å². The minimum atomic E-state index is -4.11. The van der Waals surface area contributed by atoms with Crippen molar-refractivity contribution in [2.45, 2.75) is 33.3 Å². The summed E-state index contributed by atoms with van der Waals surface area (Å²) in [5.41, 5.74) is 0.463. The largest absolute Gasteiger partial charge is 0.444 e. The second-order valence-corrected chi connectivity index (χ2v) is 6.33. The van der Waals surface area contributed by atoms with E-state index in [1.807, 2.05) is 0 Å². The van der Waals surface area contributed by atoms with Crippen LogP contribution in [-0.4, -0.2) is 20.1 Å². The summed E-state index contributed by atoms with van der Waals surface area (Å²) in [7, 11) is -4.11. The smallest absolute Gasteiger partial charge is 0.412 e. The summed E-state index contributed by atoms with van der Waals surface area (Å²) in [4.78, 5) is 11.7. The van der Waals surface area contributed by atoms with Crippen LogP contribution in [0.5, 0.6) is 5.75 Å². The van der Waals surface area contributed by atoms with Gasteiger partial charge in [0.1, 0.15) is 11.4 Å². The van der Waals surface area contributed by atoms with Crippen molar-refractivity contribution in [3.8, 4) is 5.75 Å². The fourth-order valence-electron chi connectivity index (χ4n) is 1.34. The molecule has 1 rings (SSSR count). The summed E-state index contributed by atoms with van der Waals surface area (Å²) in [6.45, 7) is 6.95. The molecule has 0 atom stereocenters. The van der Waals surface area contributed by atoms with Gasteiger partial charge in [0.25, 0.3) is 0 Å². The molecular weight excluding hydrogens is 284 g/mol. The Kier molecular flexibility index (Phi) is 4.61. The van der Waals surface area contributed by atoms with Crippen LogP contribution in [-0.2, 0) is 15.0 Å². The van der Waals surface area contributed by atoms with Gasteiger partial charge in [0.05, 0.1) is 5.69 Å². The highest BCUT2D eigenvalue weighted by atomic mass is 32.2. The first-order chi connectivity index (χ1) is 8.96. The van der Waals surface area contributed by atoms with Gasteiger partial charge in [0.15, 0.2) is 0 Å². The number of rotatable bonds is 3. The third kappa shape index (κ3) is 5.89. The highest BCUT2D eigenvalue weighted by Gasteiger charge is 2.17. The maximum Gasteiger partial charge on any atom is 0.412 e. The van der Waals surface area contributed by atoms with Gasteiger partial charge < -0.3 is 8.92 Å². The Morgan fingerprint density at radius 1 is 1.30 bits per heavy atom. The number of ether oxygens (including phenoxy) is 1. The van der Waals surface area contributed by atoms with Crippen LogP contribution in [0.25, 0.3) is 0 Å². The Bertz CT molecular complexity index is 605. The van der Waals surface area contributed by atoms with Gasteiger partial charge in [-0.25, -0.2) is 4.79 Å². The molecule has 0 bridgehead atoms. The molecule has 0 saturated heterocycles. The van der Waals surface area contributed by atoms with E-state index in [9.17, 15) is 13.2 Å². The molecule has 0 unspecified atom stereocenters. The van der Waals surface area contributed by atoms with E-state index in [0.717, 1.165) is 5.56 Å². The topological polar surface area (TPSA) is 108 Å².